The predicted molar refractivity (Wildman–Crippen MR) is 170 cm³/mol. The van der Waals surface area contributed by atoms with Gasteiger partial charge in [-0.1, -0.05) is 86.6 Å². The Hall–Kier alpha value is -4.29. The lowest BCUT2D eigenvalue weighted by molar-refractivity contribution is 0.104. The lowest BCUT2D eigenvalue weighted by atomic mass is 10.0. The highest BCUT2D eigenvalue weighted by molar-refractivity contribution is 7.99. The van der Waals surface area contributed by atoms with E-state index in [1.54, 1.807) is 30.0 Å². The number of benzene rings is 4. The Bertz CT molecular complexity index is 1460. The van der Waals surface area contributed by atoms with Gasteiger partial charge in [0.25, 0.3) is 0 Å². The van der Waals surface area contributed by atoms with Gasteiger partial charge in [-0.2, -0.15) is 0 Å². The van der Waals surface area contributed by atoms with Crippen LogP contribution in [-0.4, -0.2) is 24.2 Å². The Balaban J connectivity index is 1.32. The molecule has 210 valence electrons. The molecule has 0 aliphatic carbocycles. The van der Waals surface area contributed by atoms with Crippen molar-refractivity contribution in [3.8, 4) is 5.75 Å². The second-order valence-electron chi connectivity index (χ2n) is 9.41. The average Bonchev–Trinajstić information content (AvgIpc) is 3.02. The minimum absolute atomic E-state index is 0.116. The molecule has 5 nitrogen and oxygen atoms in total. The number of para-hydroxylation sites is 2. The van der Waals surface area contributed by atoms with Gasteiger partial charge in [0.2, 0.25) is 0 Å². The molecule has 0 aliphatic heterocycles. The molecule has 6 heteroatoms. The first-order valence-electron chi connectivity index (χ1n) is 13.9. The van der Waals surface area contributed by atoms with Crippen LogP contribution in [0.4, 0.5) is 10.5 Å². The van der Waals surface area contributed by atoms with Gasteiger partial charge in [-0.15, -0.1) is 11.8 Å². The summed E-state index contributed by atoms with van der Waals surface area (Å²) in [5.74, 6) is 1.45. The molecule has 0 radical (unpaired) electrons. The van der Waals surface area contributed by atoms with Crippen molar-refractivity contribution in [2.75, 3.05) is 17.7 Å². The van der Waals surface area contributed by atoms with E-state index < -0.39 is 0 Å². The summed E-state index contributed by atoms with van der Waals surface area (Å²) in [6, 6.07) is 31.1. The number of hydrogen-bond acceptors (Lipinski definition) is 4. The van der Waals surface area contributed by atoms with Crippen LogP contribution in [0.5, 0.6) is 5.75 Å². The first-order valence-corrected chi connectivity index (χ1v) is 14.9. The molecule has 0 saturated heterocycles. The van der Waals surface area contributed by atoms with E-state index in [1.807, 2.05) is 78.9 Å². The number of hydrogen-bond donors (Lipinski definition) is 2. The lowest BCUT2D eigenvalue weighted by Crippen LogP contribution is -2.29. The van der Waals surface area contributed by atoms with Crippen LogP contribution >= 0.6 is 11.8 Å². The van der Waals surface area contributed by atoms with Crippen LogP contribution < -0.4 is 15.4 Å². The highest BCUT2D eigenvalue weighted by Crippen LogP contribution is 2.23. The third kappa shape index (κ3) is 8.85. The van der Waals surface area contributed by atoms with E-state index in [2.05, 4.69) is 36.6 Å². The first kappa shape index (κ1) is 29.7. The molecule has 0 spiro atoms. The molecule has 41 heavy (non-hydrogen) atoms. The number of thioether (sulfide) groups is 1. The molecule has 4 rings (SSSR count). The molecule has 0 aliphatic rings. The zero-order valence-corrected chi connectivity index (χ0v) is 24.4. The van der Waals surface area contributed by atoms with Gasteiger partial charge in [0, 0.05) is 34.0 Å². The number of rotatable bonds is 13. The fourth-order valence-corrected chi connectivity index (χ4v) is 5.17. The number of carbonyl (C=O) groups is 2. The minimum Gasteiger partial charge on any atom is -0.492 e. The van der Waals surface area contributed by atoms with Crippen molar-refractivity contribution in [2.24, 2.45) is 0 Å². The number of aryl methyl sites for hydroxylation is 2. The van der Waals surface area contributed by atoms with E-state index in [0.29, 0.717) is 18.7 Å². The molecule has 0 atom stereocenters. The molecule has 0 aromatic heterocycles. The Morgan fingerprint density at radius 3 is 2.29 bits per heavy atom. The number of urea groups is 1. The number of ketones is 1. The zero-order valence-electron chi connectivity index (χ0n) is 23.6. The summed E-state index contributed by atoms with van der Waals surface area (Å²) in [5.41, 5.74) is 5.35. The summed E-state index contributed by atoms with van der Waals surface area (Å²) >= 11 is 1.74. The number of ether oxygens (including phenoxy) is 1. The summed E-state index contributed by atoms with van der Waals surface area (Å²) in [6.07, 6.45) is 5.03. The number of allylic oxidation sites excluding steroid dienone is 1. The first-order chi connectivity index (χ1) is 20.1. The van der Waals surface area contributed by atoms with Gasteiger partial charge in [-0.05, 0) is 65.9 Å². The summed E-state index contributed by atoms with van der Waals surface area (Å²) in [5, 5.41) is 5.94. The van der Waals surface area contributed by atoms with Gasteiger partial charge in [0.15, 0.2) is 5.78 Å². The van der Waals surface area contributed by atoms with Crippen LogP contribution in [0, 0.1) is 0 Å². The van der Waals surface area contributed by atoms with Crippen molar-refractivity contribution in [3.63, 3.8) is 0 Å². The topological polar surface area (TPSA) is 67.4 Å². The molecule has 2 amide bonds. The molecule has 0 bridgehead atoms. The van der Waals surface area contributed by atoms with Gasteiger partial charge >= 0.3 is 6.03 Å². The lowest BCUT2D eigenvalue weighted by Gasteiger charge is -2.15. The predicted octanol–water partition coefficient (Wildman–Crippen LogP) is 8.20. The molecular formula is C35H36N2O3S. The number of amides is 2. The molecule has 0 fully saturated rings. The van der Waals surface area contributed by atoms with Crippen molar-refractivity contribution in [1.82, 2.24) is 5.32 Å². The summed E-state index contributed by atoms with van der Waals surface area (Å²) in [4.78, 5) is 26.9. The van der Waals surface area contributed by atoms with Crippen LogP contribution in [0.3, 0.4) is 0 Å². The molecular weight excluding hydrogens is 528 g/mol. The molecule has 2 N–H and O–H groups in total. The highest BCUT2D eigenvalue weighted by Gasteiger charge is 2.11. The number of anilines is 1. The Morgan fingerprint density at radius 2 is 1.54 bits per heavy atom. The molecule has 0 saturated carbocycles. The van der Waals surface area contributed by atoms with Crippen molar-refractivity contribution >= 4 is 35.3 Å². The smallest absolute Gasteiger partial charge is 0.319 e. The molecule has 0 heterocycles. The van der Waals surface area contributed by atoms with Crippen molar-refractivity contribution in [3.05, 3.63) is 131 Å². The maximum Gasteiger partial charge on any atom is 0.319 e. The van der Waals surface area contributed by atoms with Gasteiger partial charge in [0.1, 0.15) is 5.75 Å². The molecule has 0 unspecified atom stereocenters. The normalized spacial score (nSPS) is 10.9. The van der Waals surface area contributed by atoms with E-state index >= 15 is 0 Å². The minimum atomic E-state index is -0.268. The van der Waals surface area contributed by atoms with Gasteiger partial charge in [-0.3, -0.25) is 4.79 Å². The average molecular weight is 565 g/mol. The highest BCUT2D eigenvalue weighted by atomic mass is 32.2. The SMILES string of the molecule is CCc1cccc(CC)c1NC(=O)NCc1cccc(C(=O)C=Cc2ccccc2OCCSc2ccccc2)c1. The number of nitrogens with one attached hydrogen (secondary N) is 2. The van der Waals surface area contributed by atoms with E-state index in [0.717, 1.165) is 52.3 Å². The van der Waals surface area contributed by atoms with Gasteiger partial charge < -0.3 is 15.4 Å². The maximum absolute atomic E-state index is 13.0. The molecule has 4 aromatic carbocycles. The largest absolute Gasteiger partial charge is 0.492 e. The second kappa shape index (κ2) is 15.5. The standard InChI is InChI=1S/C35H36N2O3S/c1-3-27-14-11-15-28(4-2)34(27)37-35(39)36-25-26-12-10-16-30(24-26)32(38)21-20-29-13-8-9-19-33(29)40-22-23-41-31-17-6-5-7-18-31/h5-21,24H,3-4,22-23,25H2,1-2H3,(H2,36,37,39). The molecule has 4 aromatic rings. The fourth-order valence-electron chi connectivity index (χ4n) is 4.42. The fraction of sp³-hybridized carbons (Fsp3) is 0.200. The zero-order chi connectivity index (χ0) is 28.9. The number of carbonyl (C=O) groups excluding carboxylic acids is 2. The van der Waals surface area contributed by atoms with E-state index in [-0.39, 0.29) is 11.8 Å². The third-order valence-corrected chi connectivity index (χ3v) is 7.56. The summed E-state index contributed by atoms with van der Waals surface area (Å²) < 4.78 is 6.01. The summed E-state index contributed by atoms with van der Waals surface area (Å²) in [7, 11) is 0. The second-order valence-corrected chi connectivity index (χ2v) is 10.6. The van der Waals surface area contributed by atoms with Crippen molar-refractivity contribution in [2.45, 2.75) is 38.1 Å². The van der Waals surface area contributed by atoms with E-state index in [9.17, 15) is 9.59 Å². The summed E-state index contributed by atoms with van der Waals surface area (Å²) in [6.45, 7) is 5.02. The van der Waals surface area contributed by atoms with E-state index in [1.165, 1.54) is 4.90 Å². The third-order valence-electron chi connectivity index (χ3n) is 6.59. The van der Waals surface area contributed by atoms with Crippen LogP contribution in [0.25, 0.3) is 6.08 Å². The van der Waals surface area contributed by atoms with Crippen LogP contribution in [0.2, 0.25) is 0 Å². The Kier molecular flexibility index (Phi) is 11.2. The van der Waals surface area contributed by atoms with Crippen molar-refractivity contribution in [1.29, 1.82) is 0 Å². The maximum atomic E-state index is 13.0. The van der Waals surface area contributed by atoms with Gasteiger partial charge in [0.05, 0.1) is 6.61 Å². The van der Waals surface area contributed by atoms with Crippen LogP contribution in [0.15, 0.2) is 108 Å². The van der Waals surface area contributed by atoms with Gasteiger partial charge in [-0.25, -0.2) is 4.79 Å². The van der Waals surface area contributed by atoms with Crippen LogP contribution in [0.1, 0.15) is 46.5 Å². The van der Waals surface area contributed by atoms with E-state index in [4.69, 9.17) is 4.74 Å². The Morgan fingerprint density at radius 1 is 0.829 bits per heavy atom. The monoisotopic (exact) mass is 564 g/mol. The Labute approximate surface area is 247 Å². The quantitative estimate of drug-likeness (QED) is 0.0743. The van der Waals surface area contributed by atoms with Crippen molar-refractivity contribution < 1.29 is 14.3 Å². The van der Waals surface area contributed by atoms with Crippen LogP contribution in [-0.2, 0) is 19.4 Å².